The van der Waals surface area contributed by atoms with Gasteiger partial charge in [-0.3, -0.25) is 0 Å². The molecule has 0 heteroatoms. The molecule has 1 aliphatic rings. The Bertz CT molecular complexity index is 241. The van der Waals surface area contributed by atoms with E-state index < -0.39 is 0 Å². The first-order valence-electron chi connectivity index (χ1n) is 6.23. The number of hydrogen-bond acceptors (Lipinski definition) is 0. The minimum Gasteiger partial charge on any atom is -0.0857 e. The van der Waals surface area contributed by atoms with Gasteiger partial charge in [-0.25, -0.2) is 0 Å². The Kier molecular flexibility index (Phi) is 5.01. The molecule has 0 aliphatic heterocycles. The first-order chi connectivity index (χ1) is 7.09. The van der Waals surface area contributed by atoms with E-state index in [4.69, 9.17) is 0 Å². The van der Waals surface area contributed by atoms with Crippen LogP contribution in [0.4, 0.5) is 0 Å². The van der Waals surface area contributed by atoms with Crippen LogP contribution in [0.25, 0.3) is 0 Å². The van der Waals surface area contributed by atoms with Crippen LogP contribution >= 0.6 is 0 Å². The average Bonchev–Trinajstić information content (AvgIpc) is 2.18. The average molecular weight is 205 g/mol. The molecule has 1 rings (SSSR count). The summed E-state index contributed by atoms with van der Waals surface area (Å²) in [5, 5.41) is 0. The quantitative estimate of drug-likeness (QED) is 0.444. The monoisotopic (exact) mass is 205 g/mol. The third kappa shape index (κ3) is 4.59. The zero-order valence-electron chi connectivity index (χ0n) is 10.8. The maximum atomic E-state index is 2.41. The molecule has 0 amide bonds. The van der Waals surface area contributed by atoms with Crippen molar-refractivity contribution in [2.24, 2.45) is 5.92 Å². The van der Waals surface area contributed by atoms with E-state index in [0.717, 1.165) is 5.92 Å². The fourth-order valence-corrected chi connectivity index (χ4v) is 2.14. The summed E-state index contributed by atoms with van der Waals surface area (Å²) in [5.74, 6) is 2.58. The molecule has 1 aliphatic carbocycles. The summed E-state index contributed by atoms with van der Waals surface area (Å²) >= 11 is 0. The predicted octanol–water partition coefficient (Wildman–Crippen LogP) is 5.07. The van der Waals surface area contributed by atoms with Gasteiger partial charge in [0.1, 0.15) is 6.42 Å². The van der Waals surface area contributed by atoms with Crippen LogP contribution in [0.2, 0.25) is 0 Å². The van der Waals surface area contributed by atoms with E-state index in [1.165, 1.54) is 37.7 Å². The summed E-state index contributed by atoms with van der Waals surface area (Å²) in [5.41, 5.74) is 3.03. The molecule has 0 nitrogen and oxygen atoms in total. The second kappa shape index (κ2) is 6.05. The van der Waals surface area contributed by atoms with Crippen molar-refractivity contribution in [3.05, 3.63) is 29.2 Å². The Labute approximate surface area is 95.5 Å². The third-order valence-corrected chi connectivity index (χ3v) is 3.40. The Morgan fingerprint density at radius 1 is 1.53 bits per heavy atom. The molecule has 0 heterocycles. The molecular formula is C15H25+. The SMILES string of the molecule is CC(C)=CCC[C@@H](C)[C+]1CC=C(C)CC1. The van der Waals surface area contributed by atoms with Crippen LogP contribution in [-0.2, 0) is 0 Å². The van der Waals surface area contributed by atoms with Crippen molar-refractivity contribution in [1.82, 2.24) is 0 Å². The molecule has 0 aromatic heterocycles. The molecule has 0 spiro atoms. The summed E-state index contributed by atoms with van der Waals surface area (Å²) in [6.07, 6.45) is 11.2. The van der Waals surface area contributed by atoms with E-state index in [1.54, 1.807) is 11.5 Å². The normalized spacial score (nSPS) is 18.4. The lowest BCUT2D eigenvalue weighted by molar-refractivity contribution is 0.493. The first-order valence-corrected chi connectivity index (χ1v) is 6.23. The largest absolute Gasteiger partial charge is 0.109 e. The van der Waals surface area contributed by atoms with Crippen molar-refractivity contribution >= 4 is 0 Å². The van der Waals surface area contributed by atoms with Gasteiger partial charge in [0.2, 0.25) is 0 Å². The van der Waals surface area contributed by atoms with Crippen LogP contribution in [0.5, 0.6) is 0 Å². The van der Waals surface area contributed by atoms with E-state index in [-0.39, 0.29) is 0 Å². The molecule has 15 heavy (non-hydrogen) atoms. The van der Waals surface area contributed by atoms with E-state index >= 15 is 0 Å². The number of allylic oxidation sites excluding steroid dienone is 4. The molecule has 0 saturated heterocycles. The molecule has 0 aromatic carbocycles. The van der Waals surface area contributed by atoms with E-state index in [9.17, 15) is 0 Å². The fraction of sp³-hybridized carbons (Fsp3) is 0.667. The van der Waals surface area contributed by atoms with Gasteiger partial charge in [0.05, 0.1) is 18.3 Å². The van der Waals surface area contributed by atoms with Gasteiger partial charge in [0.25, 0.3) is 0 Å². The molecular weight excluding hydrogens is 180 g/mol. The molecule has 0 bridgehead atoms. The second-order valence-electron chi connectivity index (χ2n) is 5.17. The van der Waals surface area contributed by atoms with E-state index in [0.29, 0.717) is 0 Å². The molecule has 0 fully saturated rings. The van der Waals surface area contributed by atoms with Crippen molar-refractivity contribution in [3.63, 3.8) is 0 Å². The van der Waals surface area contributed by atoms with Gasteiger partial charge < -0.3 is 0 Å². The van der Waals surface area contributed by atoms with Crippen LogP contribution < -0.4 is 0 Å². The molecule has 84 valence electrons. The predicted molar refractivity (Wildman–Crippen MR) is 68.7 cm³/mol. The lowest BCUT2D eigenvalue weighted by atomic mass is 9.80. The van der Waals surface area contributed by atoms with Crippen molar-refractivity contribution in [2.45, 2.75) is 59.8 Å². The van der Waals surface area contributed by atoms with Crippen LogP contribution in [0.15, 0.2) is 23.3 Å². The lowest BCUT2D eigenvalue weighted by Crippen LogP contribution is -2.11. The van der Waals surface area contributed by atoms with Crippen molar-refractivity contribution in [2.75, 3.05) is 0 Å². The topological polar surface area (TPSA) is 0 Å². The Hall–Kier alpha value is -0.650. The van der Waals surface area contributed by atoms with E-state index in [2.05, 4.69) is 39.8 Å². The van der Waals surface area contributed by atoms with Crippen molar-refractivity contribution in [1.29, 1.82) is 0 Å². The van der Waals surface area contributed by atoms with Crippen LogP contribution in [0.3, 0.4) is 0 Å². The summed E-state index contributed by atoms with van der Waals surface area (Å²) in [6, 6.07) is 0. The Morgan fingerprint density at radius 2 is 2.27 bits per heavy atom. The van der Waals surface area contributed by atoms with Crippen LogP contribution in [0.1, 0.15) is 59.8 Å². The molecule has 0 aromatic rings. The summed E-state index contributed by atoms with van der Waals surface area (Å²) in [4.78, 5) is 0. The third-order valence-electron chi connectivity index (χ3n) is 3.40. The summed E-state index contributed by atoms with van der Waals surface area (Å²) in [7, 11) is 0. The highest BCUT2D eigenvalue weighted by Crippen LogP contribution is 2.33. The fourth-order valence-electron chi connectivity index (χ4n) is 2.14. The maximum absolute atomic E-state index is 2.41. The highest BCUT2D eigenvalue weighted by atomic mass is 14.2. The minimum absolute atomic E-state index is 0.810. The van der Waals surface area contributed by atoms with Crippen molar-refractivity contribution < 1.29 is 0 Å². The first kappa shape index (κ1) is 12.4. The van der Waals surface area contributed by atoms with Gasteiger partial charge in [0.15, 0.2) is 0 Å². The van der Waals surface area contributed by atoms with Gasteiger partial charge in [0, 0.05) is 6.42 Å². The van der Waals surface area contributed by atoms with Crippen LogP contribution in [-0.4, -0.2) is 0 Å². The Morgan fingerprint density at radius 3 is 2.80 bits per heavy atom. The number of rotatable bonds is 4. The highest BCUT2D eigenvalue weighted by Gasteiger charge is 2.28. The second-order valence-corrected chi connectivity index (χ2v) is 5.17. The van der Waals surface area contributed by atoms with Gasteiger partial charge in [-0.1, -0.05) is 17.2 Å². The molecule has 1 atom stereocenters. The Balaban J connectivity index is 2.29. The summed E-state index contributed by atoms with van der Waals surface area (Å²) < 4.78 is 0. The van der Waals surface area contributed by atoms with Gasteiger partial charge in [-0.15, -0.1) is 0 Å². The van der Waals surface area contributed by atoms with E-state index in [1.807, 2.05) is 0 Å². The molecule has 0 saturated carbocycles. The van der Waals surface area contributed by atoms with Crippen LogP contribution in [0, 0.1) is 11.8 Å². The highest BCUT2D eigenvalue weighted by molar-refractivity contribution is 5.14. The molecule has 0 N–H and O–H groups in total. The smallest absolute Gasteiger partial charge is 0.0857 e. The number of hydrogen-bond donors (Lipinski definition) is 0. The van der Waals surface area contributed by atoms with Gasteiger partial charge in [-0.05, 0) is 46.6 Å². The van der Waals surface area contributed by atoms with Gasteiger partial charge in [-0.2, -0.15) is 0 Å². The van der Waals surface area contributed by atoms with Crippen molar-refractivity contribution in [3.8, 4) is 0 Å². The lowest BCUT2D eigenvalue weighted by Gasteiger charge is -2.16. The minimum atomic E-state index is 0.810. The maximum Gasteiger partial charge on any atom is 0.109 e. The van der Waals surface area contributed by atoms with Gasteiger partial charge >= 0.3 is 0 Å². The standard InChI is InChI=1S/C15H25/c1-12(2)6-5-7-14(4)15-10-8-13(3)9-11-15/h6,8,14H,5,7,9-11H2,1-4H3/q+1/t14-/m1/s1. The summed E-state index contributed by atoms with van der Waals surface area (Å²) in [6.45, 7) is 9.02. The zero-order valence-corrected chi connectivity index (χ0v) is 10.8. The molecule has 0 unspecified atom stereocenters. The zero-order chi connectivity index (χ0) is 11.3. The molecule has 0 radical (unpaired) electrons.